The van der Waals surface area contributed by atoms with Crippen LogP contribution in [0.5, 0.6) is 17.2 Å². The second-order valence-electron chi connectivity index (χ2n) is 9.58. The van der Waals surface area contributed by atoms with Gasteiger partial charge in [0.05, 0.1) is 12.6 Å². The first-order chi connectivity index (χ1) is 20.5. The Labute approximate surface area is 240 Å². The van der Waals surface area contributed by atoms with E-state index in [0.29, 0.717) is 39.5 Å². The van der Waals surface area contributed by atoms with Gasteiger partial charge in [0.1, 0.15) is 29.7 Å². The van der Waals surface area contributed by atoms with Gasteiger partial charge >= 0.3 is 0 Å². The van der Waals surface area contributed by atoms with E-state index < -0.39 is 23.7 Å². The number of halogens is 1. The molecule has 1 atom stereocenters. The Morgan fingerprint density at radius 1 is 1.00 bits per heavy atom. The minimum atomic E-state index is -1.15. The van der Waals surface area contributed by atoms with E-state index in [1.54, 1.807) is 72.8 Å². The van der Waals surface area contributed by atoms with Crippen LogP contribution in [0.1, 0.15) is 17.2 Å². The molecule has 5 aromatic rings. The molecule has 0 fully saturated rings. The maximum absolute atomic E-state index is 14.9. The standard InChI is InChI=1S/C31H26FN5O5/c1-40-23-13-10-20(11-14-23)30(31(39)33-22-12-15-27-28(16-22)42-19-41-27)36(17-21-6-2-3-7-24(21)32)29(38)18-37-26-9-5-4-8-25(26)34-35-37/h2-16,30H,17-19H2,1H3,(H,33,39). The first-order valence-electron chi connectivity index (χ1n) is 13.2. The molecule has 4 aromatic carbocycles. The highest BCUT2D eigenvalue weighted by molar-refractivity contribution is 5.98. The SMILES string of the molecule is COc1ccc(C(C(=O)Nc2ccc3c(c2)OCO3)N(Cc2ccccc2F)C(=O)Cn2nnc3ccccc32)cc1. The molecule has 10 nitrogen and oxygen atoms in total. The summed E-state index contributed by atoms with van der Waals surface area (Å²) < 4.78 is 32.5. The van der Waals surface area contributed by atoms with E-state index >= 15 is 0 Å². The lowest BCUT2D eigenvalue weighted by atomic mass is 10.0. The van der Waals surface area contributed by atoms with E-state index in [-0.39, 0.29) is 25.4 Å². The number of ether oxygens (including phenoxy) is 3. The third-order valence-corrected chi connectivity index (χ3v) is 6.96. The van der Waals surface area contributed by atoms with Crippen LogP contribution in [0.3, 0.4) is 0 Å². The zero-order valence-electron chi connectivity index (χ0n) is 22.6. The summed E-state index contributed by atoms with van der Waals surface area (Å²) >= 11 is 0. The van der Waals surface area contributed by atoms with Gasteiger partial charge in [-0.05, 0) is 48.0 Å². The maximum atomic E-state index is 14.9. The van der Waals surface area contributed by atoms with Crippen molar-refractivity contribution >= 4 is 28.5 Å². The maximum Gasteiger partial charge on any atom is 0.251 e. The van der Waals surface area contributed by atoms with E-state index in [1.165, 1.54) is 22.8 Å². The average Bonchev–Trinajstić information content (AvgIpc) is 3.65. The van der Waals surface area contributed by atoms with E-state index in [1.807, 2.05) is 12.1 Å². The highest BCUT2D eigenvalue weighted by atomic mass is 19.1. The minimum Gasteiger partial charge on any atom is -0.497 e. The highest BCUT2D eigenvalue weighted by Crippen LogP contribution is 2.35. The molecule has 0 radical (unpaired) electrons. The monoisotopic (exact) mass is 567 g/mol. The Balaban J connectivity index is 1.40. The van der Waals surface area contributed by atoms with Crippen molar-refractivity contribution in [2.45, 2.75) is 19.1 Å². The predicted octanol–water partition coefficient (Wildman–Crippen LogP) is 4.72. The fourth-order valence-electron chi connectivity index (χ4n) is 4.83. The van der Waals surface area contributed by atoms with Gasteiger partial charge in [0, 0.05) is 23.9 Å². The molecule has 212 valence electrons. The molecule has 0 spiro atoms. The van der Waals surface area contributed by atoms with Gasteiger partial charge in [-0.2, -0.15) is 0 Å². The normalized spacial score (nSPS) is 12.6. The van der Waals surface area contributed by atoms with Crippen LogP contribution in [0.2, 0.25) is 0 Å². The average molecular weight is 568 g/mol. The van der Waals surface area contributed by atoms with Crippen molar-refractivity contribution in [1.82, 2.24) is 19.9 Å². The zero-order valence-corrected chi connectivity index (χ0v) is 22.6. The number of hydrogen-bond acceptors (Lipinski definition) is 7. The van der Waals surface area contributed by atoms with Crippen LogP contribution < -0.4 is 19.5 Å². The van der Waals surface area contributed by atoms with Crippen molar-refractivity contribution in [2.75, 3.05) is 19.2 Å². The second kappa shape index (κ2) is 11.6. The Hall–Kier alpha value is -5.45. The molecule has 1 N–H and O–H groups in total. The summed E-state index contributed by atoms with van der Waals surface area (Å²) in [6.07, 6.45) is 0. The number of benzene rings is 4. The first-order valence-corrected chi connectivity index (χ1v) is 13.2. The molecule has 0 saturated heterocycles. The topological polar surface area (TPSA) is 108 Å². The van der Waals surface area contributed by atoms with Gasteiger partial charge in [0.15, 0.2) is 11.5 Å². The number of nitrogens with zero attached hydrogens (tertiary/aromatic N) is 4. The zero-order chi connectivity index (χ0) is 29.1. The number of aromatic nitrogens is 3. The summed E-state index contributed by atoms with van der Waals surface area (Å²) in [7, 11) is 1.54. The minimum absolute atomic E-state index is 0.0864. The molecule has 1 aliphatic rings. The fraction of sp³-hybridized carbons (Fsp3) is 0.161. The summed E-state index contributed by atoms with van der Waals surface area (Å²) in [5.74, 6) is 0.172. The number of methoxy groups -OCH3 is 1. The molecular weight excluding hydrogens is 541 g/mol. The lowest BCUT2D eigenvalue weighted by Crippen LogP contribution is -2.42. The van der Waals surface area contributed by atoms with Gasteiger partial charge in [-0.25, -0.2) is 9.07 Å². The summed E-state index contributed by atoms with van der Waals surface area (Å²) in [6, 6.07) is 24.1. The van der Waals surface area contributed by atoms with E-state index in [2.05, 4.69) is 15.6 Å². The van der Waals surface area contributed by atoms with Crippen molar-refractivity contribution in [3.05, 3.63) is 108 Å². The summed E-state index contributed by atoms with van der Waals surface area (Å²) in [5.41, 5.74) is 2.48. The summed E-state index contributed by atoms with van der Waals surface area (Å²) in [6.45, 7) is -0.314. The van der Waals surface area contributed by atoms with Crippen molar-refractivity contribution in [3.63, 3.8) is 0 Å². The molecule has 0 bridgehead atoms. The number of para-hydroxylation sites is 1. The highest BCUT2D eigenvalue weighted by Gasteiger charge is 2.33. The first kappa shape index (κ1) is 26.8. The number of hydrogen-bond donors (Lipinski definition) is 1. The summed E-state index contributed by atoms with van der Waals surface area (Å²) in [4.78, 5) is 29.5. The van der Waals surface area contributed by atoms with Crippen LogP contribution in [0.15, 0.2) is 91.0 Å². The van der Waals surface area contributed by atoms with Crippen LogP contribution in [0, 0.1) is 5.82 Å². The van der Waals surface area contributed by atoms with Crippen LogP contribution >= 0.6 is 0 Å². The number of carbonyl (C=O) groups is 2. The van der Waals surface area contributed by atoms with Gasteiger partial charge in [0.25, 0.3) is 5.91 Å². The Bertz CT molecular complexity index is 1760. The van der Waals surface area contributed by atoms with Crippen LogP contribution in [-0.2, 0) is 22.7 Å². The van der Waals surface area contributed by atoms with E-state index in [0.717, 1.165) is 0 Å². The molecule has 42 heavy (non-hydrogen) atoms. The van der Waals surface area contributed by atoms with E-state index in [9.17, 15) is 14.0 Å². The van der Waals surface area contributed by atoms with Crippen LogP contribution in [0.4, 0.5) is 10.1 Å². The fourth-order valence-corrected chi connectivity index (χ4v) is 4.83. The number of anilines is 1. The number of nitrogens with one attached hydrogen (secondary N) is 1. The van der Waals surface area contributed by atoms with Gasteiger partial charge < -0.3 is 24.4 Å². The second-order valence-corrected chi connectivity index (χ2v) is 9.58. The predicted molar refractivity (Wildman–Crippen MR) is 151 cm³/mol. The largest absolute Gasteiger partial charge is 0.497 e. The molecular formula is C31H26FN5O5. The molecule has 6 rings (SSSR count). The molecule has 0 aliphatic carbocycles. The molecule has 11 heteroatoms. The molecule has 2 heterocycles. The number of rotatable bonds is 9. The van der Waals surface area contributed by atoms with Gasteiger partial charge in [-0.3, -0.25) is 9.59 Å². The lowest BCUT2D eigenvalue weighted by Gasteiger charge is -2.32. The van der Waals surface area contributed by atoms with Crippen molar-refractivity contribution < 1.29 is 28.2 Å². The third-order valence-electron chi connectivity index (χ3n) is 6.96. The number of amides is 2. The third kappa shape index (κ3) is 5.44. The van der Waals surface area contributed by atoms with Gasteiger partial charge in [0.2, 0.25) is 12.7 Å². The van der Waals surface area contributed by atoms with Gasteiger partial charge in [-0.1, -0.05) is 47.7 Å². The van der Waals surface area contributed by atoms with Gasteiger partial charge in [-0.15, -0.1) is 5.10 Å². The lowest BCUT2D eigenvalue weighted by molar-refractivity contribution is -0.140. The van der Waals surface area contributed by atoms with Crippen LogP contribution in [0.25, 0.3) is 11.0 Å². The smallest absolute Gasteiger partial charge is 0.251 e. The quantitative estimate of drug-likeness (QED) is 0.275. The Kier molecular flexibility index (Phi) is 7.37. The molecule has 1 aliphatic heterocycles. The molecule has 1 aromatic heterocycles. The Morgan fingerprint density at radius 2 is 1.76 bits per heavy atom. The Morgan fingerprint density at radius 3 is 2.57 bits per heavy atom. The number of fused-ring (bicyclic) bond motifs is 2. The van der Waals surface area contributed by atoms with Crippen molar-refractivity contribution in [1.29, 1.82) is 0 Å². The van der Waals surface area contributed by atoms with E-state index in [4.69, 9.17) is 14.2 Å². The summed E-state index contributed by atoms with van der Waals surface area (Å²) in [5, 5.41) is 11.2. The molecule has 0 saturated carbocycles. The number of carbonyl (C=O) groups excluding carboxylic acids is 2. The molecule has 2 amide bonds. The van der Waals surface area contributed by atoms with Crippen molar-refractivity contribution in [2.24, 2.45) is 0 Å². The molecule has 1 unspecified atom stereocenters. The van der Waals surface area contributed by atoms with Crippen molar-refractivity contribution in [3.8, 4) is 17.2 Å². The van der Waals surface area contributed by atoms with Crippen LogP contribution in [-0.4, -0.2) is 45.6 Å².